The molecule has 3 aliphatic rings. The molecule has 0 bridgehead atoms. The molecule has 4 rings (SSSR count). The second-order valence-corrected chi connectivity index (χ2v) is 11.3. The number of hydrogen-bond donors (Lipinski definition) is 0. The van der Waals surface area contributed by atoms with Crippen LogP contribution in [0, 0.1) is 47.1 Å². The molecule has 0 spiro atoms. The van der Waals surface area contributed by atoms with E-state index >= 15 is 0 Å². The number of hydrogen-bond acceptors (Lipinski definition) is 2. The second kappa shape index (κ2) is 12.3. The average Bonchev–Trinajstić information content (AvgIpc) is 2.89. The minimum Gasteiger partial charge on any atom is -0.423 e. The zero-order valence-electron chi connectivity index (χ0n) is 21.2. The summed E-state index contributed by atoms with van der Waals surface area (Å²) in [6, 6.07) is 2.92. The Morgan fingerprint density at radius 2 is 1.63 bits per heavy atom. The van der Waals surface area contributed by atoms with E-state index in [-0.39, 0.29) is 23.2 Å². The van der Waals surface area contributed by atoms with Gasteiger partial charge in [0.25, 0.3) is 0 Å². The molecule has 3 saturated carbocycles. The van der Waals surface area contributed by atoms with Crippen LogP contribution in [0.25, 0.3) is 0 Å². The summed E-state index contributed by atoms with van der Waals surface area (Å²) in [5.41, 5.74) is 0.285. The zero-order valence-corrected chi connectivity index (χ0v) is 21.2. The Morgan fingerprint density at radius 3 is 2.37 bits per heavy atom. The summed E-state index contributed by atoms with van der Waals surface area (Å²) in [6.45, 7) is 7.49. The quantitative estimate of drug-likeness (QED) is 0.199. The third kappa shape index (κ3) is 6.24. The summed E-state index contributed by atoms with van der Waals surface area (Å²) in [6.07, 6.45) is 19.0. The number of benzene rings is 1. The van der Waals surface area contributed by atoms with Crippen molar-refractivity contribution >= 4 is 5.97 Å². The maximum absolute atomic E-state index is 14.6. The minimum absolute atomic E-state index is 0.202. The van der Waals surface area contributed by atoms with Crippen LogP contribution >= 0.6 is 0 Å². The van der Waals surface area contributed by atoms with Crippen molar-refractivity contribution in [3.63, 3.8) is 0 Å². The van der Waals surface area contributed by atoms with Crippen molar-refractivity contribution in [2.75, 3.05) is 0 Å². The van der Waals surface area contributed by atoms with E-state index in [4.69, 9.17) is 4.74 Å². The molecule has 3 aliphatic carbocycles. The van der Waals surface area contributed by atoms with Crippen LogP contribution in [0.4, 0.5) is 8.78 Å². The first-order valence-corrected chi connectivity index (χ1v) is 13.9. The summed E-state index contributed by atoms with van der Waals surface area (Å²) in [5, 5.41) is 0. The molecular formula is C31H42F2O2. The first-order chi connectivity index (χ1) is 17.0. The highest BCUT2D eigenvalue weighted by Crippen LogP contribution is 2.50. The number of fused-ring (bicyclic) bond motifs is 1. The molecule has 0 heterocycles. The lowest BCUT2D eigenvalue weighted by molar-refractivity contribution is -0.144. The molecule has 4 atom stereocenters. The van der Waals surface area contributed by atoms with Gasteiger partial charge in [0, 0.05) is 0 Å². The topological polar surface area (TPSA) is 26.3 Å². The molecule has 0 aromatic heterocycles. The first kappa shape index (κ1) is 26.1. The second-order valence-electron chi connectivity index (χ2n) is 11.3. The van der Waals surface area contributed by atoms with Crippen LogP contribution in [-0.4, -0.2) is 5.97 Å². The Balaban J connectivity index is 1.33. The summed E-state index contributed by atoms with van der Waals surface area (Å²) >= 11 is 0. The van der Waals surface area contributed by atoms with E-state index in [1.807, 2.05) is 6.08 Å². The highest BCUT2D eigenvalue weighted by molar-refractivity contribution is 5.75. The van der Waals surface area contributed by atoms with Gasteiger partial charge in [-0.3, -0.25) is 4.79 Å². The summed E-state index contributed by atoms with van der Waals surface area (Å²) in [4.78, 5) is 13.1. The van der Waals surface area contributed by atoms with Crippen molar-refractivity contribution in [1.29, 1.82) is 0 Å². The summed E-state index contributed by atoms with van der Waals surface area (Å²) in [7, 11) is 0. The molecule has 0 saturated heterocycles. The third-order valence-electron chi connectivity index (χ3n) is 9.28. The SMILES string of the molecule is C=CCCc1ccc(OC(=O)C2CCCC3CC(C4CCC(CCC=C)CC4)CCC32)c(F)c1F. The van der Waals surface area contributed by atoms with E-state index in [1.165, 1.54) is 63.5 Å². The highest BCUT2D eigenvalue weighted by Gasteiger charge is 2.43. The number of allylic oxidation sites excluding steroid dienone is 2. The van der Waals surface area contributed by atoms with Crippen molar-refractivity contribution in [3.8, 4) is 5.75 Å². The van der Waals surface area contributed by atoms with Gasteiger partial charge >= 0.3 is 5.97 Å². The Kier molecular flexibility index (Phi) is 9.19. The van der Waals surface area contributed by atoms with Gasteiger partial charge in [-0.15, -0.1) is 13.2 Å². The summed E-state index contributed by atoms with van der Waals surface area (Å²) in [5.74, 6) is 0.525. The van der Waals surface area contributed by atoms with Crippen molar-refractivity contribution in [3.05, 3.63) is 54.6 Å². The minimum atomic E-state index is -1.06. The molecule has 1 aromatic rings. The van der Waals surface area contributed by atoms with E-state index in [2.05, 4.69) is 13.2 Å². The number of ether oxygens (including phenoxy) is 1. The number of halogens is 2. The molecule has 1 aromatic carbocycles. The monoisotopic (exact) mass is 484 g/mol. The van der Waals surface area contributed by atoms with Gasteiger partial charge in [-0.1, -0.05) is 43.9 Å². The van der Waals surface area contributed by atoms with Crippen LogP contribution in [0.5, 0.6) is 5.75 Å². The molecule has 35 heavy (non-hydrogen) atoms. The smallest absolute Gasteiger partial charge is 0.314 e. The van der Waals surface area contributed by atoms with Crippen molar-refractivity contribution in [1.82, 2.24) is 0 Å². The van der Waals surface area contributed by atoms with Gasteiger partial charge in [0.15, 0.2) is 11.6 Å². The van der Waals surface area contributed by atoms with Crippen LogP contribution in [-0.2, 0) is 11.2 Å². The summed E-state index contributed by atoms with van der Waals surface area (Å²) < 4.78 is 34.5. The molecule has 0 N–H and O–H groups in total. The Bertz CT molecular complexity index is 886. The lowest BCUT2D eigenvalue weighted by atomic mass is 9.59. The number of carbonyl (C=O) groups excluding carboxylic acids is 1. The maximum atomic E-state index is 14.6. The van der Waals surface area contributed by atoms with E-state index < -0.39 is 11.6 Å². The third-order valence-corrected chi connectivity index (χ3v) is 9.28. The fraction of sp³-hybridized carbons (Fsp3) is 0.645. The zero-order chi connectivity index (χ0) is 24.8. The molecule has 2 nitrogen and oxygen atoms in total. The Morgan fingerprint density at radius 1 is 0.886 bits per heavy atom. The van der Waals surface area contributed by atoms with E-state index in [1.54, 1.807) is 6.08 Å². The van der Waals surface area contributed by atoms with Crippen LogP contribution in [0.3, 0.4) is 0 Å². The molecular weight excluding hydrogens is 442 g/mol. The van der Waals surface area contributed by atoms with Gasteiger partial charge in [-0.2, -0.15) is 4.39 Å². The molecule has 0 radical (unpaired) electrons. The first-order valence-electron chi connectivity index (χ1n) is 13.9. The van der Waals surface area contributed by atoms with Gasteiger partial charge in [0.1, 0.15) is 0 Å². The Labute approximate surface area is 210 Å². The average molecular weight is 485 g/mol. The molecule has 4 heteroatoms. The van der Waals surface area contributed by atoms with E-state index in [9.17, 15) is 13.6 Å². The van der Waals surface area contributed by atoms with Gasteiger partial charge in [0.05, 0.1) is 5.92 Å². The lowest BCUT2D eigenvalue weighted by Crippen LogP contribution is -2.40. The van der Waals surface area contributed by atoms with Crippen molar-refractivity contribution in [2.24, 2.45) is 35.5 Å². The molecule has 0 amide bonds. The van der Waals surface area contributed by atoms with Crippen LogP contribution in [0.15, 0.2) is 37.4 Å². The van der Waals surface area contributed by atoms with Crippen LogP contribution in [0.1, 0.15) is 89.0 Å². The molecule has 192 valence electrons. The number of carbonyl (C=O) groups is 1. The largest absolute Gasteiger partial charge is 0.423 e. The number of esters is 1. The van der Waals surface area contributed by atoms with Gasteiger partial charge in [-0.25, -0.2) is 4.39 Å². The van der Waals surface area contributed by atoms with Crippen LogP contribution < -0.4 is 4.74 Å². The van der Waals surface area contributed by atoms with Gasteiger partial charge in [0.2, 0.25) is 5.82 Å². The fourth-order valence-electron chi connectivity index (χ4n) is 7.31. The normalized spacial score (nSPS) is 30.8. The van der Waals surface area contributed by atoms with Crippen molar-refractivity contribution in [2.45, 2.75) is 89.9 Å². The van der Waals surface area contributed by atoms with Crippen LogP contribution in [0.2, 0.25) is 0 Å². The lowest BCUT2D eigenvalue weighted by Gasteiger charge is -2.46. The highest BCUT2D eigenvalue weighted by atomic mass is 19.2. The van der Waals surface area contributed by atoms with E-state index in [0.29, 0.717) is 24.7 Å². The predicted molar refractivity (Wildman–Crippen MR) is 137 cm³/mol. The van der Waals surface area contributed by atoms with E-state index in [0.717, 1.165) is 43.4 Å². The standard InChI is InChI=1S/C31H42F2O2/c1-3-5-8-21-12-14-22(15-13-21)24-16-18-26-25(20-24)10-7-11-27(26)31(34)35-28-19-17-23(9-6-4-2)29(32)30(28)33/h3-4,17,19,21-22,24-27H,1-2,5-16,18,20H2. The Hall–Kier alpha value is -1.97. The maximum Gasteiger partial charge on any atom is 0.314 e. The molecule has 3 fully saturated rings. The van der Waals surface area contributed by atoms with Crippen molar-refractivity contribution < 1.29 is 18.3 Å². The number of rotatable bonds is 9. The predicted octanol–water partition coefficient (Wildman–Crippen LogP) is 8.59. The van der Waals surface area contributed by atoms with Gasteiger partial charge < -0.3 is 4.74 Å². The van der Waals surface area contributed by atoms with Gasteiger partial charge in [-0.05, 0) is 105 Å². The molecule has 0 aliphatic heterocycles. The number of aryl methyl sites for hydroxylation is 1. The fourth-order valence-corrected chi connectivity index (χ4v) is 7.31. The molecule has 4 unspecified atom stereocenters.